The first-order valence-corrected chi connectivity index (χ1v) is 4.37. The van der Waals surface area contributed by atoms with Crippen LogP contribution in [-0.2, 0) is 0 Å². The average Bonchev–Trinajstić information content (AvgIpc) is 2.18. The van der Waals surface area contributed by atoms with Crippen molar-refractivity contribution in [1.29, 1.82) is 0 Å². The quantitative estimate of drug-likeness (QED) is 0.728. The van der Waals surface area contributed by atoms with Crippen molar-refractivity contribution in [1.82, 2.24) is 0 Å². The minimum atomic E-state index is 0.0379. The number of methoxy groups -OCH3 is 1. The molecule has 0 radical (unpaired) electrons. The van der Waals surface area contributed by atoms with E-state index < -0.39 is 0 Å². The smallest absolute Gasteiger partial charge is 0.118 e. The third kappa shape index (κ3) is 2.72. The summed E-state index contributed by atoms with van der Waals surface area (Å²) in [5.74, 6) is 0.851. The van der Waals surface area contributed by atoms with Gasteiger partial charge in [-0.1, -0.05) is 12.1 Å². The van der Waals surface area contributed by atoms with E-state index in [4.69, 9.17) is 16.2 Å². The Balaban J connectivity index is 2.67. The SMILES string of the molecule is COc1ccc(C(N)CCN)cc1. The Morgan fingerprint density at radius 1 is 1.31 bits per heavy atom. The Labute approximate surface area is 78.7 Å². The number of rotatable bonds is 4. The maximum Gasteiger partial charge on any atom is 0.118 e. The summed E-state index contributed by atoms with van der Waals surface area (Å²) < 4.78 is 5.04. The number of ether oxygens (including phenoxy) is 1. The van der Waals surface area contributed by atoms with Crippen LogP contribution in [0, 0.1) is 0 Å². The van der Waals surface area contributed by atoms with Gasteiger partial charge in [0, 0.05) is 6.04 Å². The van der Waals surface area contributed by atoms with Crippen molar-refractivity contribution in [3.05, 3.63) is 29.8 Å². The number of benzene rings is 1. The number of hydrogen-bond donors (Lipinski definition) is 2. The van der Waals surface area contributed by atoms with E-state index in [1.54, 1.807) is 7.11 Å². The van der Waals surface area contributed by atoms with Crippen LogP contribution in [0.2, 0.25) is 0 Å². The molecule has 0 heterocycles. The summed E-state index contributed by atoms with van der Waals surface area (Å²) in [5, 5.41) is 0. The van der Waals surface area contributed by atoms with Crippen LogP contribution in [0.15, 0.2) is 24.3 Å². The van der Waals surface area contributed by atoms with Gasteiger partial charge in [-0.2, -0.15) is 0 Å². The van der Waals surface area contributed by atoms with Crippen molar-refractivity contribution in [3.8, 4) is 5.75 Å². The molecule has 0 aliphatic heterocycles. The van der Waals surface area contributed by atoms with Crippen LogP contribution in [-0.4, -0.2) is 13.7 Å². The molecule has 1 rings (SSSR count). The maximum absolute atomic E-state index is 5.88. The van der Waals surface area contributed by atoms with Gasteiger partial charge in [-0.25, -0.2) is 0 Å². The van der Waals surface area contributed by atoms with Crippen LogP contribution in [0.4, 0.5) is 0 Å². The molecule has 0 saturated heterocycles. The minimum absolute atomic E-state index is 0.0379. The molecule has 0 aliphatic carbocycles. The van der Waals surface area contributed by atoms with E-state index in [0.717, 1.165) is 17.7 Å². The summed E-state index contributed by atoms with van der Waals surface area (Å²) in [6.45, 7) is 0.618. The third-order valence-electron chi connectivity index (χ3n) is 2.02. The molecule has 13 heavy (non-hydrogen) atoms. The van der Waals surface area contributed by atoms with Gasteiger partial charge in [0.05, 0.1) is 7.11 Å². The summed E-state index contributed by atoms with van der Waals surface area (Å²) in [6, 6.07) is 7.80. The molecule has 0 aromatic heterocycles. The molecule has 0 saturated carbocycles. The van der Waals surface area contributed by atoms with Crippen LogP contribution >= 0.6 is 0 Å². The Bertz CT molecular complexity index is 246. The van der Waals surface area contributed by atoms with Crippen molar-refractivity contribution in [2.24, 2.45) is 11.5 Å². The molecule has 1 aromatic carbocycles. The first-order valence-electron chi connectivity index (χ1n) is 4.37. The molecule has 1 aromatic rings. The molecule has 4 N–H and O–H groups in total. The van der Waals surface area contributed by atoms with E-state index in [9.17, 15) is 0 Å². The Morgan fingerprint density at radius 3 is 2.38 bits per heavy atom. The van der Waals surface area contributed by atoms with Gasteiger partial charge in [0.25, 0.3) is 0 Å². The highest BCUT2D eigenvalue weighted by molar-refractivity contribution is 5.28. The topological polar surface area (TPSA) is 61.3 Å². The van der Waals surface area contributed by atoms with Crippen molar-refractivity contribution in [2.45, 2.75) is 12.5 Å². The zero-order valence-electron chi connectivity index (χ0n) is 7.86. The molecule has 3 heteroatoms. The Hall–Kier alpha value is -1.06. The lowest BCUT2D eigenvalue weighted by Crippen LogP contribution is -2.15. The summed E-state index contributed by atoms with van der Waals surface area (Å²) >= 11 is 0. The van der Waals surface area contributed by atoms with Crippen LogP contribution in [0.25, 0.3) is 0 Å². The molecular formula is C10H16N2O. The molecule has 0 amide bonds. The normalized spacial score (nSPS) is 12.5. The van der Waals surface area contributed by atoms with Gasteiger partial charge < -0.3 is 16.2 Å². The third-order valence-corrected chi connectivity index (χ3v) is 2.02. The zero-order chi connectivity index (χ0) is 9.68. The van der Waals surface area contributed by atoms with E-state index in [2.05, 4.69) is 0 Å². The summed E-state index contributed by atoms with van der Waals surface area (Å²) in [4.78, 5) is 0. The van der Waals surface area contributed by atoms with E-state index in [1.807, 2.05) is 24.3 Å². The second-order valence-electron chi connectivity index (χ2n) is 2.96. The fourth-order valence-electron chi connectivity index (χ4n) is 1.20. The second kappa shape index (κ2) is 4.84. The van der Waals surface area contributed by atoms with Gasteiger partial charge >= 0.3 is 0 Å². The fraction of sp³-hybridized carbons (Fsp3) is 0.400. The molecule has 0 aliphatic rings. The minimum Gasteiger partial charge on any atom is -0.497 e. The summed E-state index contributed by atoms with van der Waals surface area (Å²) in [6.07, 6.45) is 0.812. The fourth-order valence-corrected chi connectivity index (χ4v) is 1.20. The van der Waals surface area contributed by atoms with Crippen molar-refractivity contribution < 1.29 is 4.74 Å². The highest BCUT2D eigenvalue weighted by Crippen LogP contribution is 2.17. The molecule has 72 valence electrons. The van der Waals surface area contributed by atoms with Gasteiger partial charge in [-0.05, 0) is 30.7 Å². The summed E-state index contributed by atoms with van der Waals surface area (Å²) in [5.41, 5.74) is 12.4. The lowest BCUT2D eigenvalue weighted by Gasteiger charge is -2.10. The van der Waals surface area contributed by atoms with E-state index in [0.29, 0.717) is 6.54 Å². The van der Waals surface area contributed by atoms with Gasteiger partial charge in [0.1, 0.15) is 5.75 Å². The predicted octanol–water partition coefficient (Wildman–Crippen LogP) is 1.04. The second-order valence-corrected chi connectivity index (χ2v) is 2.96. The number of hydrogen-bond acceptors (Lipinski definition) is 3. The van der Waals surface area contributed by atoms with E-state index in [1.165, 1.54) is 0 Å². The van der Waals surface area contributed by atoms with E-state index >= 15 is 0 Å². The first-order chi connectivity index (χ1) is 6.27. The van der Waals surface area contributed by atoms with Gasteiger partial charge in [0.15, 0.2) is 0 Å². The molecule has 3 nitrogen and oxygen atoms in total. The number of nitrogens with two attached hydrogens (primary N) is 2. The van der Waals surface area contributed by atoms with Crippen molar-refractivity contribution in [3.63, 3.8) is 0 Å². The maximum atomic E-state index is 5.88. The molecule has 0 spiro atoms. The van der Waals surface area contributed by atoms with Crippen LogP contribution in [0.5, 0.6) is 5.75 Å². The Morgan fingerprint density at radius 2 is 1.92 bits per heavy atom. The van der Waals surface area contributed by atoms with Crippen LogP contribution < -0.4 is 16.2 Å². The first kappa shape index (κ1) is 10.0. The van der Waals surface area contributed by atoms with Crippen molar-refractivity contribution >= 4 is 0 Å². The molecule has 1 unspecified atom stereocenters. The van der Waals surface area contributed by atoms with Gasteiger partial charge in [-0.3, -0.25) is 0 Å². The molecular weight excluding hydrogens is 164 g/mol. The zero-order valence-corrected chi connectivity index (χ0v) is 7.86. The van der Waals surface area contributed by atoms with Gasteiger partial charge in [-0.15, -0.1) is 0 Å². The molecule has 1 atom stereocenters. The lowest BCUT2D eigenvalue weighted by atomic mass is 10.1. The lowest BCUT2D eigenvalue weighted by molar-refractivity contribution is 0.414. The van der Waals surface area contributed by atoms with Crippen LogP contribution in [0.3, 0.4) is 0 Å². The Kier molecular flexibility index (Phi) is 3.73. The highest BCUT2D eigenvalue weighted by Gasteiger charge is 2.03. The van der Waals surface area contributed by atoms with Crippen LogP contribution in [0.1, 0.15) is 18.0 Å². The van der Waals surface area contributed by atoms with Gasteiger partial charge in [0.2, 0.25) is 0 Å². The predicted molar refractivity (Wildman–Crippen MR) is 53.6 cm³/mol. The van der Waals surface area contributed by atoms with E-state index in [-0.39, 0.29) is 6.04 Å². The average molecular weight is 180 g/mol. The largest absolute Gasteiger partial charge is 0.497 e. The van der Waals surface area contributed by atoms with Crippen molar-refractivity contribution in [2.75, 3.05) is 13.7 Å². The highest BCUT2D eigenvalue weighted by atomic mass is 16.5. The summed E-state index contributed by atoms with van der Waals surface area (Å²) in [7, 11) is 1.65. The molecule has 0 bridgehead atoms. The standard InChI is InChI=1S/C10H16N2O/c1-13-9-4-2-8(3-5-9)10(12)6-7-11/h2-5,10H,6-7,11-12H2,1H3. The monoisotopic (exact) mass is 180 g/mol. The molecule has 0 fully saturated rings.